The van der Waals surface area contributed by atoms with Crippen molar-refractivity contribution in [1.29, 1.82) is 0 Å². The number of para-hydroxylation sites is 1. The van der Waals surface area contributed by atoms with Crippen LogP contribution in [0.3, 0.4) is 0 Å². The molecule has 7 nitrogen and oxygen atoms in total. The second kappa shape index (κ2) is 9.91. The van der Waals surface area contributed by atoms with E-state index in [0.717, 1.165) is 11.3 Å². The van der Waals surface area contributed by atoms with Gasteiger partial charge >= 0.3 is 0 Å². The van der Waals surface area contributed by atoms with E-state index in [9.17, 15) is 9.59 Å². The largest absolute Gasteiger partial charge is 0.497 e. The van der Waals surface area contributed by atoms with Gasteiger partial charge < -0.3 is 14.2 Å². The number of hydrazine groups is 1. The van der Waals surface area contributed by atoms with Crippen molar-refractivity contribution in [3.05, 3.63) is 89.5 Å². The number of carbonyl (C=O) groups is 2. The minimum atomic E-state index is -0.459. The highest BCUT2D eigenvalue weighted by atomic mass is 16.5. The molecule has 168 valence electrons. The van der Waals surface area contributed by atoms with Crippen molar-refractivity contribution in [1.82, 2.24) is 5.43 Å². The summed E-state index contributed by atoms with van der Waals surface area (Å²) >= 11 is 0. The van der Waals surface area contributed by atoms with Crippen LogP contribution in [-0.2, 0) is 9.59 Å². The Morgan fingerprint density at radius 1 is 0.879 bits per heavy atom. The fourth-order valence-electron chi connectivity index (χ4n) is 3.37. The molecule has 2 amide bonds. The number of aryl methyl sites for hydroxylation is 1. The van der Waals surface area contributed by atoms with Crippen molar-refractivity contribution in [2.45, 2.75) is 6.92 Å². The predicted molar refractivity (Wildman–Crippen MR) is 125 cm³/mol. The van der Waals surface area contributed by atoms with E-state index in [2.05, 4.69) is 5.43 Å². The van der Waals surface area contributed by atoms with Gasteiger partial charge in [0.15, 0.2) is 0 Å². The summed E-state index contributed by atoms with van der Waals surface area (Å²) in [5.41, 5.74) is 4.88. The molecule has 1 aliphatic rings. The van der Waals surface area contributed by atoms with E-state index in [0.29, 0.717) is 36.0 Å². The predicted octanol–water partition coefficient (Wildman–Crippen LogP) is 3.92. The maximum atomic E-state index is 12.9. The molecule has 1 fully saturated rings. The standard InChI is InChI=1S/C26H24N2O5/c1-18-8-13-24(33-15-14-32-22-11-9-21(31-2)10-12-22)19(16-18)17-23-25(29)27-28(26(23)30)20-6-4-3-5-7-20/h3-13,16-17H,14-15H2,1-2H3,(H,27,29)/b23-17+. The van der Waals surface area contributed by atoms with Crippen molar-refractivity contribution >= 4 is 23.6 Å². The molecule has 0 saturated carbocycles. The second-order valence-electron chi connectivity index (χ2n) is 7.39. The van der Waals surface area contributed by atoms with Crippen molar-refractivity contribution in [3.63, 3.8) is 0 Å². The summed E-state index contributed by atoms with van der Waals surface area (Å²) in [5, 5.41) is 1.24. The number of nitrogens with one attached hydrogen (secondary N) is 1. The topological polar surface area (TPSA) is 77.1 Å². The first-order chi connectivity index (χ1) is 16.0. The molecule has 1 saturated heterocycles. The third kappa shape index (κ3) is 5.15. The molecule has 0 spiro atoms. The fraction of sp³-hybridized carbons (Fsp3) is 0.154. The highest BCUT2D eigenvalue weighted by molar-refractivity contribution is 6.31. The molecule has 1 aliphatic heterocycles. The van der Waals surface area contributed by atoms with Gasteiger partial charge in [-0.15, -0.1) is 0 Å². The Kier molecular flexibility index (Phi) is 6.59. The fourth-order valence-corrected chi connectivity index (χ4v) is 3.37. The normalized spacial score (nSPS) is 14.4. The minimum absolute atomic E-state index is 0.0452. The van der Waals surface area contributed by atoms with Crippen LogP contribution >= 0.6 is 0 Å². The minimum Gasteiger partial charge on any atom is -0.497 e. The van der Waals surface area contributed by atoms with Gasteiger partial charge in [-0.2, -0.15) is 0 Å². The quantitative estimate of drug-likeness (QED) is 0.324. The van der Waals surface area contributed by atoms with E-state index < -0.39 is 11.8 Å². The molecule has 4 rings (SSSR count). The van der Waals surface area contributed by atoms with Crippen LogP contribution in [0.4, 0.5) is 5.69 Å². The average molecular weight is 444 g/mol. The SMILES string of the molecule is COc1ccc(OCCOc2ccc(C)cc2/C=C2\C(=O)NN(c3ccccc3)C2=O)cc1. The van der Waals surface area contributed by atoms with Gasteiger partial charge in [-0.1, -0.05) is 29.8 Å². The first kappa shape index (κ1) is 22.0. The number of hydrogen-bond acceptors (Lipinski definition) is 5. The molecule has 33 heavy (non-hydrogen) atoms. The van der Waals surface area contributed by atoms with Crippen LogP contribution in [0.2, 0.25) is 0 Å². The van der Waals surface area contributed by atoms with Crippen LogP contribution in [0.5, 0.6) is 17.2 Å². The molecule has 1 heterocycles. The molecular weight excluding hydrogens is 420 g/mol. The molecule has 0 atom stereocenters. The third-order valence-corrected chi connectivity index (χ3v) is 5.04. The summed E-state index contributed by atoms with van der Waals surface area (Å²) in [6.07, 6.45) is 1.56. The van der Waals surface area contributed by atoms with E-state index in [1.807, 2.05) is 55.5 Å². The first-order valence-electron chi connectivity index (χ1n) is 10.5. The number of ether oxygens (including phenoxy) is 3. The molecule has 1 N–H and O–H groups in total. The van der Waals surface area contributed by atoms with Crippen LogP contribution in [0.25, 0.3) is 6.08 Å². The number of nitrogens with zero attached hydrogens (tertiary/aromatic N) is 1. The van der Waals surface area contributed by atoms with Crippen molar-refractivity contribution in [3.8, 4) is 17.2 Å². The van der Waals surface area contributed by atoms with Gasteiger partial charge in [-0.25, -0.2) is 5.01 Å². The summed E-state index contributed by atoms with van der Waals surface area (Å²) in [6.45, 7) is 2.56. The summed E-state index contributed by atoms with van der Waals surface area (Å²) in [7, 11) is 1.61. The van der Waals surface area contributed by atoms with Crippen LogP contribution in [0, 0.1) is 6.92 Å². The molecule has 0 aromatic heterocycles. The zero-order valence-corrected chi connectivity index (χ0v) is 18.4. The number of benzene rings is 3. The highest BCUT2D eigenvalue weighted by Gasteiger charge is 2.34. The van der Waals surface area contributed by atoms with E-state index >= 15 is 0 Å². The maximum absolute atomic E-state index is 12.9. The smallest absolute Gasteiger partial charge is 0.282 e. The lowest BCUT2D eigenvalue weighted by molar-refractivity contribution is -0.117. The van der Waals surface area contributed by atoms with Gasteiger partial charge in [0, 0.05) is 5.56 Å². The van der Waals surface area contributed by atoms with Crippen LogP contribution in [0.15, 0.2) is 78.4 Å². The van der Waals surface area contributed by atoms with Gasteiger partial charge in [0.25, 0.3) is 11.8 Å². The van der Waals surface area contributed by atoms with Gasteiger partial charge in [0.2, 0.25) is 0 Å². The lowest BCUT2D eigenvalue weighted by Crippen LogP contribution is -2.35. The second-order valence-corrected chi connectivity index (χ2v) is 7.39. The van der Waals surface area contributed by atoms with Crippen LogP contribution in [0.1, 0.15) is 11.1 Å². The molecule has 3 aromatic carbocycles. The summed E-state index contributed by atoms with van der Waals surface area (Å²) in [5.74, 6) is 1.15. The van der Waals surface area contributed by atoms with E-state index in [1.165, 1.54) is 5.01 Å². The van der Waals surface area contributed by atoms with Gasteiger partial charge in [0.1, 0.15) is 36.0 Å². The van der Waals surface area contributed by atoms with Crippen molar-refractivity contribution < 1.29 is 23.8 Å². The Hall–Kier alpha value is -4.26. The van der Waals surface area contributed by atoms with Gasteiger partial charge in [-0.05, 0) is 61.5 Å². The zero-order valence-electron chi connectivity index (χ0n) is 18.4. The first-order valence-corrected chi connectivity index (χ1v) is 10.5. The molecule has 3 aromatic rings. The number of hydrogen-bond donors (Lipinski definition) is 1. The maximum Gasteiger partial charge on any atom is 0.282 e. The molecule has 0 aliphatic carbocycles. The Morgan fingerprint density at radius 3 is 2.30 bits per heavy atom. The Bertz CT molecular complexity index is 1170. The number of anilines is 1. The monoisotopic (exact) mass is 444 g/mol. The zero-order chi connectivity index (χ0) is 23.2. The van der Waals surface area contributed by atoms with Crippen molar-refractivity contribution in [2.75, 3.05) is 25.3 Å². The Labute approximate surface area is 192 Å². The van der Waals surface area contributed by atoms with Gasteiger partial charge in [-0.3, -0.25) is 15.0 Å². The summed E-state index contributed by atoms with van der Waals surface area (Å²) in [4.78, 5) is 25.4. The van der Waals surface area contributed by atoms with Crippen molar-refractivity contribution in [2.24, 2.45) is 0 Å². The number of amides is 2. The van der Waals surface area contributed by atoms with Crippen LogP contribution in [-0.4, -0.2) is 32.1 Å². The average Bonchev–Trinajstić information content (AvgIpc) is 3.12. The van der Waals surface area contributed by atoms with Gasteiger partial charge in [0.05, 0.1) is 12.8 Å². The molecule has 0 radical (unpaired) electrons. The summed E-state index contributed by atoms with van der Waals surface area (Å²) in [6, 6.07) is 21.9. The number of carbonyl (C=O) groups excluding carboxylic acids is 2. The van der Waals surface area contributed by atoms with E-state index in [4.69, 9.17) is 14.2 Å². The van der Waals surface area contributed by atoms with E-state index in [-0.39, 0.29) is 5.57 Å². The Balaban J connectivity index is 1.45. The number of rotatable bonds is 8. The number of methoxy groups -OCH3 is 1. The summed E-state index contributed by atoms with van der Waals surface area (Å²) < 4.78 is 16.7. The third-order valence-electron chi connectivity index (χ3n) is 5.04. The van der Waals surface area contributed by atoms with Crippen LogP contribution < -0.4 is 24.6 Å². The van der Waals surface area contributed by atoms with E-state index in [1.54, 1.807) is 37.5 Å². The Morgan fingerprint density at radius 2 is 1.58 bits per heavy atom. The molecular formula is C26H24N2O5. The molecule has 0 unspecified atom stereocenters. The lowest BCUT2D eigenvalue weighted by atomic mass is 10.1. The lowest BCUT2D eigenvalue weighted by Gasteiger charge is -2.14. The molecule has 7 heteroatoms. The highest BCUT2D eigenvalue weighted by Crippen LogP contribution is 2.26. The molecule has 0 bridgehead atoms.